The smallest absolute Gasteiger partial charge is 0.222 e. The zero-order valence-corrected chi connectivity index (χ0v) is 14.0. The van der Waals surface area contributed by atoms with Crippen LogP contribution < -0.4 is 0 Å². The van der Waals surface area contributed by atoms with Crippen molar-refractivity contribution in [2.24, 2.45) is 0 Å². The van der Waals surface area contributed by atoms with Crippen LogP contribution in [-0.4, -0.2) is 34.8 Å². The van der Waals surface area contributed by atoms with Crippen LogP contribution in [0.1, 0.15) is 49.0 Å². The number of carbonyl (C=O) groups excluding carboxylic acids is 2. The Morgan fingerprint density at radius 1 is 1.08 bits per heavy atom. The van der Waals surface area contributed by atoms with E-state index < -0.39 is 0 Å². The molecule has 0 radical (unpaired) electrons. The molecule has 6 heteroatoms. The van der Waals surface area contributed by atoms with E-state index in [1.54, 1.807) is 18.2 Å². The van der Waals surface area contributed by atoms with Crippen LogP contribution in [-0.2, 0) is 4.79 Å². The maximum Gasteiger partial charge on any atom is 0.222 e. The van der Waals surface area contributed by atoms with Crippen molar-refractivity contribution in [3.05, 3.63) is 41.8 Å². The molecule has 0 spiro atoms. The second kappa shape index (κ2) is 8.05. The maximum absolute atomic E-state index is 12.9. The maximum atomic E-state index is 12.9. The van der Waals surface area contributed by atoms with E-state index in [-0.39, 0.29) is 29.6 Å². The SMILES string of the molecule is O=C(CCCC(=O)N1CCCCC1)c1cc(-c2ccc(F)cc2)on1. The van der Waals surface area contributed by atoms with Crippen LogP contribution in [0.25, 0.3) is 11.3 Å². The fourth-order valence-electron chi connectivity index (χ4n) is 2.99. The van der Waals surface area contributed by atoms with Crippen molar-refractivity contribution in [1.29, 1.82) is 0 Å². The number of amides is 1. The molecule has 2 heterocycles. The summed E-state index contributed by atoms with van der Waals surface area (Å²) in [5.41, 5.74) is 0.901. The number of hydrogen-bond acceptors (Lipinski definition) is 4. The molecule has 1 aromatic carbocycles. The van der Waals surface area contributed by atoms with Crippen molar-refractivity contribution < 1.29 is 18.5 Å². The molecule has 1 fully saturated rings. The van der Waals surface area contributed by atoms with Gasteiger partial charge in [-0.05, 0) is 49.9 Å². The number of ketones is 1. The number of aromatic nitrogens is 1. The fourth-order valence-corrected chi connectivity index (χ4v) is 2.99. The lowest BCUT2D eigenvalue weighted by atomic mass is 10.1. The van der Waals surface area contributed by atoms with Crippen molar-refractivity contribution in [1.82, 2.24) is 10.1 Å². The topological polar surface area (TPSA) is 63.4 Å². The quantitative estimate of drug-likeness (QED) is 0.747. The summed E-state index contributed by atoms with van der Waals surface area (Å²) in [6, 6.07) is 7.35. The number of carbonyl (C=O) groups is 2. The Bertz CT molecular complexity index is 733. The molecule has 0 atom stereocenters. The van der Waals surface area contributed by atoms with Crippen molar-refractivity contribution >= 4 is 11.7 Å². The average molecular weight is 344 g/mol. The highest BCUT2D eigenvalue weighted by Gasteiger charge is 2.18. The summed E-state index contributed by atoms with van der Waals surface area (Å²) in [6.45, 7) is 1.66. The molecule has 1 aromatic heterocycles. The number of rotatable bonds is 6. The average Bonchev–Trinajstić information content (AvgIpc) is 3.13. The molecule has 3 rings (SSSR count). The van der Waals surface area contributed by atoms with E-state index in [1.165, 1.54) is 18.6 Å². The van der Waals surface area contributed by atoms with E-state index in [4.69, 9.17) is 4.52 Å². The van der Waals surface area contributed by atoms with Crippen LogP contribution in [0.3, 0.4) is 0 Å². The van der Waals surface area contributed by atoms with Gasteiger partial charge in [-0.1, -0.05) is 5.16 Å². The highest BCUT2D eigenvalue weighted by molar-refractivity contribution is 5.95. The third-order valence-corrected chi connectivity index (χ3v) is 4.43. The van der Waals surface area contributed by atoms with Gasteiger partial charge in [0.2, 0.25) is 5.91 Å². The van der Waals surface area contributed by atoms with Gasteiger partial charge >= 0.3 is 0 Å². The van der Waals surface area contributed by atoms with E-state index in [2.05, 4.69) is 5.16 Å². The standard InChI is InChI=1S/C19H21FN2O3/c20-15-9-7-14(8-10-15)18-13-16(21-25-18)17(23)5-4-6-19(24)22-11-2-1-3-12-22/h7-10,13H,1-6,11-12H2. The molecule has 1 saturated heterocycles. The Kier molecular flexibility index (Phi) is 5.58. The monoisotopic (exact) mass is 344 g/mol. The van der Waals surface area contributed by atoms with Crippen LogP contribution in [0.2, 0.25) is 0 Å². The highest BCUT2D eigenvalue weighted by Crippen LogP contribution is 2.21. The van der Waals surface area contributed by atoms with Crippen LogP contribution >= 0.6 is 0 Å². The first kappa shape index (κ1) is 17.3. The minimum absolute atomic E-state index is 0.125. The normalized spacial score (nSPS) is 14.5. The highest BCUT2D eigenvalue weighted by atomic mass is 19.1. The van der Waals surface area contributed by atoms with Crippen molar-refractivity contribution in [2.45, 2.75) is 38.5 Å². The van der Waals surface area contributed by atoms with Gasteiger partial charge in [-0.15, -0.1) is 0 Å². The summed E-state index contributed by atoms with van der Waals surface area (Å²) in [6.07, 6.45) is 4.46. The van der Waals surface area contributed by atoms with E-state index in [0.717, 1.165) is 25.9 Å². The number of nitrogens with zero attached hydrogens (tertiary/aromatic N) is 2. The predicted molar refractivity (Wildman–Crippen MR) is 90.5 cm³/mol. The van der Waals surface area contributed by atoms with Crippen LogP contribution in [0.4, 0.5) is 4.39 Å². The molecule has 5 nitrogen and oxygen atoms in total. The largest absolute Gasteiger partial charge is 0.356 e. The second-order valence-electron chi connectivity index (χ2n) is 6.30. The van der Waals surface area contributed by atoms with Gasteiger partial charge in [-0.2, -0.15) is 0 Å². The molecule has 0 bridgehead atoms. The Morgan fingerprint density at radius 2 is 1.80 bits per heavy atom. The summed E-state index contributed by atoms with van der Waals surface area (Å²) in [5.74, 6) is 0.0638. The molecule has 1 amide bonds. The van der Waals surface area contributed by atoms with Crippen LogP contribution in [0, 0.1) is 5.82 Å². The summed E-state index contributed by atoms with van der Waals surface area (Å²) < 4.78 is 18.1. The first-order chi connectivity index (χ1) is 12.1. The first-order valence-electron chi connectivity index (χ1n) is 8.67. The lowest BCUT2D eigenvalue weighted by Crippen LogP contribution is -2.35. The van der Waals surface area contributed by atoms with E-state index in [0.29, 0.717) is 24.2 Å². The summed E-state index contributed by atoms with van der Waals surface area (Å²) in [7, 11) is 0. The van der Waals surface area contributed by atoms with Crippen molar-refractivity contribution in [2.75, 3.05) is 13.1 Å². The summed E-state index contributed by atoms with van der Waals surface area (Å²) in [4.78, 5) is 26.2. The molecule has 25 heavy (non-hydrogen) atoms. The second-order valence-corrected chi connectivity index (χ2v) is 6.30. The van der Waals surface area contributed by atoms with E-state index in [1.807, 2.05) is 4.90 Å². The van der Waals surface area contributed by atoms with Crippen molar-refractivity contribution in [3.8, 4) is 11.3 Å². The lowest BCUT2D eigenvalue weighted by molar-refractivity contribution is -0.132. The Balaban J connectivity index is 1.50. The van der Waals surface area contributed by atoms with Gasteiger partial charge in [0.25, 0.3) is 0 Å². The van der Waals surface area contributed by atoms with Gasteiger partial charge < -0.3 is 9.42 Å². The van der Waals surface area contributed by atoms with Gasteiger partial charge in [0, 0.05) is 37.6 Å². The number of likely N-dealkylation sites (tertiary alicyclic amines) is 1. The third kappa shape index (κ3) is 4.53. The summed E-state index contributed by atoms with van der Waals surface area (Å²) in [5, 5.41) is 3.79. The van der Waals surface area contributed by atoms with Crippen LogP contribution in [0.15, 0.2) is 34.9 Å². The molecule has 1 aliphatic heterocycles. The fraction of sp³-hybridized carbons (Fsp3) is 0.421. The minimum atomic E-state index is -0.335. The third-order valence-electron chi connectivity index (χ3n) is 4.43. The lowest BCUT2D eigenvalue weighted by Gasteiger charge is -2.26. The van der Waals surface area contributed by atoms with Gasteiger partial charge in [-0.25, -0.2) is 4.39 Å². The minimum Gasteiger partial charge on any atom is -0.356 e. The zero-order chi connectivity index (χ0) is 17.6. The van der Waals surface area contributed by atoms with Crippen molar-refractivity contribution in [3.63, 3.8) is 0 Å². The molecule has 0 aliphatic carbocycles. The number of piperidine rings is 1. The van der Waals surface area contributed by atoms with Crippen LogP contribution in [0.5, 0.6) is 0 Å². The van der Waals surface area contributed by atoms with Gasteiger partial charge in [0.1, 0.15) is 11.5 Å². The van der Waals surface area contributed by atoms with Gasteiger partial charge in [0.05, 0.1) is 0 Å². The molecule has 1 aliphatic rings. The number of Topliss-reactive ketones (excluding diaryl/α,β-unsaturated/α-hetero) is 1. The molecule has 0 saturated carbocycles. The molecule has 132 valence electrons. The number of benzene rings is 1. The predicted octanol–water partition coefficient (Wildman–Crippen LogP) is 3.85. The zero-order valence-electron chi connectivity index (χ0n) is 14.0. The molecular weight excluding hydrogens is 323 g/mol. The molecule has 0 N–H and O–H groups in total. The molecule has 0 unspecified atom stereocenters. The first-order valence-corrected chi connectivity index (χ1v) is 8.67. The summed E-state index contributed by atoms with van der Waals surface area (Å²) >= 11 is 0. The Morgan fingerprint density at radius 3 is 2.52 bits per heavy atom. The Labute approximate surface area is 145 Å². The number of halogens is 1. The molecule has 2 aromatic rings. The molecular formula is C19H21FN2O3. The van der Waals surface area contributed by atoms with E-state index in [9.17, 15) is 14.0 Å². The van der Waals surface area contributed by atoms with Gasteiger partial charge in [-0.3, -0.25) is 9.59 Å². The van der Waals surface area contributed by atoms with Gasteiger partial charge in [0.15, 0.2) is 11.5 Å². The van der Waals surface area contributed by atoms with E-state index >= 15 is 0 Å². The Hall–Kier alpha value is -2.50. The number of hydrogen-bond donors (Lipinski definition) is 0.